The Hall–Kier alpha value is -3.07. The number of hydrogen-bond donors (Lipinski definition) is 2. The molecule has 1 aromatic heterocycles. The van der Waals surface area contributed by atoms with Crippen LogP contribution in [0.2, 0.25) is 0 Å². The fraction of sp³-hybridized carbons (Fsp3) is 0.409. The van der Waals surface area contributed by atoms with Gasteiger partial charge in [0.2, 0.25) is 5.91 Å². The van der Waals surface area contributed by atoms with E-state index in [0.29, 0.717) is 44.6 Å². The number of fused-ring (bicyclic) bond motifs is 1. The number of pyridine rings is 1. The minimum Gasteiger partial charge on any atom is -0.505 e. The average Bonchev–Trinajstić information content (AvgIpc) is 3.16. The molecule has 4 rings (SSSR count). The second-order valence-corrected chi connectivity index (χ2v) is 8.02. The molecule has 1 saturated heterocycles. The standard InChI is InChI=1S/C22H24F2N4O3/c23-16-10-13-3-4-14(15(13)11-17(16)24)18(25)12-20(30)27-6-8-28(9-7-27)22(31)21-19(29)2-1-5-26-21/h1-2,5,10-11,14,18,29H,3-4,6-9,12,25H2. The molecule has 1 fully saturated rings. The molecule has 2 unspecified atom stereocenters. The molecule has 2 amide bonds. The van der Waals surface area contributed by atoms with Gasteiger partial charge in [0.1, 0.15) is 5.75 Å². The van der Waals surface area contributed by atoms with Crippen molar-refractivity contribution in [1.82, 2.24) is 14.8 Å². The Morgan fingerprint density at radius 1 is 1.16 bits per heavy atom. The zero-order chi connectivity index (χ0) is 22.1. The summed E-state index contributed by atoms with van der Waals surface area (Å²) in [5.74, 6) is -2.64. The molecule has 2 aromatic rings. The second-order valence-electron chi connectivity index (χ2n) is 8.02. The molecule has 9 heteroatoms. The van der Waals surface area contributed by atoms with E-state index in [4.69, 9.17) is 5.73 Å². The molecule has 2 heterocycles. The SMILES string of the molecule is NC(CC(=O)N1CCN(C(=O)c2ncccc2O)CC1)C1CCc2cc(F)c(F)cc21. The second kappa shape index (κ2) is 8.58. The number of benzene rings is 1. The van der Waals surface area contributed by atoms with Gasteiger partial charge in [-0.25, -0.2) is 13.8 Å². The molecule has 31 heavy (non-hydrogen) atoms. The lowest BCUT2D eigenvalue weighted by Crippen LogP contribution is -2.51. The number of halogens is 2. The Morgan fingerprint density at radius 3 is 2.55 bits per heavy atom. The molecule has 1 aromatic carbocycles. The smallest absolute Gasteiger partial charge is 0.276 e. The Morgan fingerprint density at radius 2 is 1.84 bits per heavy atom. The first-order valence-electron chi connectivity index (χ1n) is 10.3. The van der Waals surface area contributed by atoms with Crippen LogP contribution in [0.15, 0.2) is 30.5 Å². The predicted molar refractivity (Wildman–Crippen MR) is 108 cm³/mol. The van der Waals surface area contributed by atoms with E-state index in [1.165, 1.54) is 24.4 Å². The van der Waals surface area contributed by atoms with Gasteiger partial charge >= 0.3 is 0 Å². The molecule has 0 radical (unpaired) electrons. The molecule has 2 aliphatic rings. The van der Waals surface area contributed by atoms with Crippen LogP contribution in [0, 0.1) is 11.6 Å². The van der Waals surface area contributed by atoms with Crippen LogP contribution >= 0.6 is 0 Å². The Kier molecular flexibility index (Phi) is 5.86. The van der Waals surface area contributed by atoms with Crippen molar-refractivity contribution in [2.75, 3.05) is 26.2 Å². The van der Waals surface area contributed by atoms with E-state index in [1.54, 1.807) is 15.9 Å². The van der Waals surface area contributed by atoms with Gasteiger partial charge in [-0.05, 0) is 48.2 Å². The maximum Gasteiger partial charge on any atom is 0.276 e. The third kappa shape index (κ3) is 4.23. The van der Waals surface area contributed by atoms with Gasteiger partial charge in [0.15, 0.2) is 17.3 Å². The molecule has 7 nitrogen and oxygen atoms in total. The van der Waals surface area contributed by atoms with Gasteiger partial charge in [-0.2, -0.15) is 0 Å². The van der Waals surface area contributed by atoms with E-state index in [2.05, 4.69) is 4.98 Å². The minimum absolute atomic E-state index is 0.00661. The maximum absolute atomic E-state index is 13.7. The average molecular weight is 430 g/mol. The summed E-state index contributed by atoms with van der Waals surface area (Å²) < 4.78 is 27.1. The van der Waals surface area contributed by atoms with Crippen LogP contribution in [0.25, 0.3) is 0 Å². The first-order chi connectivity index (χ1) is 14.8. The number of carbonyl (C=O) groups is 2. The maximum atomic E-state index is 13.7. The van der Waals surface area contributed by atoms with Gasteiger partial charge in [-0.3, -0.25) is 9.59 Å². The lowest BCUT2D eigenvalue weighted by atomic mass is 9.91. The molecular formula is C22H24F2N4O3. The first kappa shape index (κ1) is 21.2. The van der Waals surface area contributed by atoms with Crippen LogP contribution in [0.1, 0.15) is 40.4 Å². The lowest BCUT2D eigenvalue weighted by molar-refractivity contribution is -0.133. The molecular weight excluding hydrogens is 406 g/mol. The molecule has 2 atom stereocenters. The number of piperazine rings is 1. The Labute approximate surface area is 178 Å². The number of nitrogens with two attached hydrogens (primary N) is 1. The highest BCUT2D eigenvalue weighted by Crippen LogP contribution is 2.37. The van der Waals surface area contributed by atoms with E-state index in [-0.39, 0.29) is 35.6 Å². The van der Waals surface area contributed by atoms with Gasteiger partial charge in [0.05, 0.1) is 0 Å². The van der Waals surface area contributed by atoms with Crippen molar-refractivity contribution in [3.05, 3.63) is 58.9 Å². The van der Waals surface area contributed by atoms with Crippen molar-refractivity contribution >= 4 is 11.8 Å². The van der Waals surface area contributed by atoms with Crippen LogP contribution in [-0.4, -0.2) is 63.9 Å². The minimum atomic E-state index is -0.899. The fourth-order valence-corrected chi connectivity index (χ4v) is 4.42. The number of carbonyl (C=O) groups excluding carboxylic acids is 2. The monoisotopic (exact) mass is 430 g/mol. The summed E-state index contributed by atoms with van der Waals surface area (Å²) in [6.07, 6.45) is 2.80. The molecule has 3 N–H and O–H groups in total. The van der Waals surface area contributed by atoms with Gasteiger partial charge in [0, 0.05) is 50.8 Å². The number of aromatic nitrogens is 1. The summed E-state index contributed by atoms with van der Waals surface area (Å²) in [4.78, 5) is 32.4. The van der Waals surface area contributed by atoms with Crippen LogP contribution in [-0.2, 0) is 11.2 Å². The normalized spacial score (nSPS) is 19.3. The summed E-state index contributed by atoms with van der Waals surface area (Å²) in [7, 11) is 0. The summed E-state index contributed by atoms with van der Waals surface area (Å²) in [5.41, 5.74) is 7.72. The molecule has 1 aliphatic carbocycles. The van der Waals surface area contributed by atoms with E-state index in [0.717, 1.165) is 5.56 Å². The van der Waals surface area contributed by atoms with Crippen LogP contribution < -0.4 is 5.73 Å². The largest absolute Gasteiger partial charge is 0.505 e. The van der Waals surface area contributed by atoms with Gasteiger partial charge in [-0.15, -0.1) is 0 Å². The highest BCUT2D eigenvalue weighted by atomic mass is 19.2. The van der Waals surface area contributed by atoms with Crippen molar-refractivity contribution in [3.63, 3.8) is 0 Å². The van der Waals surface area contributed by atoms with Crippen LogP contribution in [0.3, 0.4) is 0 Å². The van der Waals surface area contributed by atoms with Crippen molar-refractivity contribution in [1.29, 1.82) is 0 Å². The first-order valence-corrected chi connectivity index (χ1v) is 10.3. The van der Waals surface area contributed by atoms with E-state index >= 15 is 0 Å². The number of rotatable bonds is 4. The van der Waals surface area contributed by atoms with Gasteiger partial charge < -0.3 is 20.6 Å². The summed E-state index contributed by atoms with van der Waals surface area (Å²) in [6, 6.07) is 4.87. The molecule has 0 spiro atoms. The highest BCUT2D eigenvalue weighted by Gasteiger charge is 2.32. The highest BCUT2D eigenvalue weighted by molar-refractivity contribution is 5.95. The lowest BCUT2D eigenvalue weighted by Gasteiger charge is -2.35. The van der Waals surface area contributed by atoms with E-state index in [1.807, 2.05) is 0 Å². The summed E-state index contributed by atoms with van der Waals surface area (Å²) in [6.45, 7) is 1.36. The topological polar surface area (TPSA) is 99.8 Å². The van der Waals surface area contributed by atoms with E-state index < -0.39 is 17.7 Å². The van der Waals surface area contributed by atoms with Crippen molar-refractivity contribution in [2.45, 2.75) is 31.2 Å². The third-order valence-corrected chi connectivity index (χ3v) is 6.14. The Balaban J connectivity index is 1.33. The van der Waals surface area contributed by atoms with Crippen molar-refractivity contribution in [2.24, 2.45) is 5.73 Å². The zero-order valence-electron chi connectivity index (χ0n) is 16.9. The molecule has 1 aliphatic heterocycles. The van der Waals surface area contributed by atoms with Crippen molar-refractivity contribution < 1.29 is 23.5 Å². The van der Waals surface area contributed by atoms with Crippen molar-refractivity contribution in [3.8, 4) is 5.75 Å². The van der Waals surface area contributed by atoms with Gasteiger partial charge in [0.25, 0.3) is 5.91 Å². The molecule has 164 valence electrons. The third-order valence-electron chi connectivity index (χ3n) is 6.14. The predicted octanol–water partition coefficient (Wildman–Crippen LogP) is 1.80. The van der Waals surface area contributed by atoms with Crippen LogP contribution in [0.5, 0.6) is 5.75 Å². The van der Waals surface area contributed by atoms with E-state index in [9.17, 15) is 23.5 Å². The molecule has 0 saturated carbocycles. The number of aromatic hydroxyl groups is 1. The number of hydrogen-bond acceptors (Lipinski definition) is 5. The van der Waals surface area contributed by atoms with Crippen LogP contribution in [0.4, 0.5) is 8.78 Å². The number of amides is 2. The number of nitrogens with zero attached hydrogens (tertiary/aromatic N) is 3. The molecule has 0 bridgehead atoms. The zero-order valence-corrected chi connectivity index (χ0v) is 16.9. The summed E-state index contributed by atoms with van der Waals surface area (Å²) in [5, 5.41) is 9.82. The fourth-order valence-electron chi connectivity index (χ4n) is 4.42. The van der Waals surface area contributed by atoms with Gasteiger partial charge in [-0.1, -0.05) is 0 Å². The summed E-state index contributed by atoms with van der Waals surface area (Å²) >= 11 is 0. The number of aryl methyl sites for hydroxylation is 1. The Bertz CT molecular complexity index is 1010. The quantitative estimate of drug-likeness (QED) is 0.771.